The lowest BCUT2D eigenvalue weighted by Gasteiger charge is -2.26. The third-order valence-electron chi connectivity index (χ3n) is 6.29. The van der Waals surface area contributed by atoms with Crippen LogP contribution in [0.15, 0.2) is 11.6 Å². The normalized spacial score (nSPS) is 15.9. The van der Waals surface area contributed by atoms with E-state index in [0.29, 0.717) is 67.3 Å². The Morgan fingerprint density at radius 3 is 2.63 bits per heavy atom. The van der Waals surface area contributed by atoms with Gasteiger partial charge in [-0.15, -0.1) is 0 Å². The van der Waals surface area contributed by atoms with Gasteiger partial charge in [0.05, 0.1) is 31.6 Å². The van der Waals surface area contributed by atoms with Crippen LogP contribution in [-0.2, 0) is 32.0 Å². The summed E-state index contributed by atoms with van der Waals surface area (Å²) in [5.41, 5.74) is 3.93. The SMILES string of the molecule is CNC(=O)Nc1c(CC=C(C)CCC(=O)OCCN2CCOCC2)c(OC)c(C)c2c1C(=O)OC2. The van der Waals surface area contributed by atoms with E-state index in [2.05, 4.69) is 15.5 Å². The first-order chi connectivity index (χ1) is 16.8. The van der Waals surface area contributed by atoms with Gasteiger partial charge in [-0.1, -0.05) is 11.6 Å². The Labute approximate surface area is 205 Å². The molecule has 0 radical (unpaired) electrons. The van der Waals surface area contributed by atoms with Gasteiger partial charge in [0.2, 0.25) is 0 Å². The Bertz CT molecular complexity index is 984. The number of allylic oxidation sites excluding steroid dienone is 2. The Kier molecular flexibility index (Phi) is 9.50. The highest BCUT2D eigenvalue weighted by atomic mass is 16.5. The van der Waals surface area contributed by atoms with Crippen molar-refractivity contribution in [1.82, 2.24) is 10.2 Å². The highest BCUT2D eigenvalue weighted by Gasteiger charge is 2.32. The second kappa shape index (κ2) is 12.6. The molecule has 2 heterocycles. The second-order valence-corrected chi connectivity index (χ2v) is 8.57. The van der Waals surface area contributed by atoms with Gasteiger partial charge in [-0.2, -0.15) is 0 Å². The topological polar surface area (TPSA) is 115 Å². The molecule has 192 valence electrons. The van der Waals surface area contributed by atoms with Crippen LogP contribution in [0.5, 0.6) is 5.75 Å². The molecule has 35 heavy (non-hydrogen) atoms. The fraction of sp³-hybridized carbons (Fsp3) is 0.560. The summed E-state index contributed by atoms with van der Waals surface area (Å²) in [4.78, 5) is 39.0. The van der Waals surface area contributed by atoms with Crippen LogP contribution in [0.2, 0.25) is 0 Å². The Morgan fingerprint density at radius 2 is 1.94 bits per heavy atom. The number of nitrogens with one attached hydrogen (secondary N) is 2. The molecular weight excluding hydrogens is 454 g/mol. The molecule has 0 aromatic heterocycles. The van der Waals surface area contributed by atoms with Crippen molar-refractivity contribution < 1.29 is 33.3 Å². The van der Waals surface area contributed by atoms with Crippen LogP contribution in [0.3, 0.4) is 0 Å². The number of ether oxygens (including phenoxy) is 4. The van der Waals surface area contributed by atoms with E-state index >= 15 is 0 Å². The number of carbonyl (C=O) groups is 3. The zero-order valence-corrected chi connectivity index (χ0v) is 21.0. The van der Waals surface area contributed by atoms with Crippen LogP contribution in [0.4, 0.5) is 10.5 Å². The van der Waals surface area contributed by atoms with Crippen LogP contribution in [-0.4, -0.2) is 76.5 Å². The van der Waals surface area contributed by atoms with Gasteiger partial charge in [-0.05, 0) is 32.3 Å². The highest BCUT2D eigenvalue weighted by molar-refractivity contribution is 6.05. The number of amides is 2. The van der Waals surface area contributed by atoms with Crippen molar-refractivity contribution in [3.63, 3.8) is 0 Å². The van der Waals surface area contributed by atoms with Crippen LogP contribution < -0.4 is 15.4 Å². The number of methoxy groups -OCH3 is 1. The summed E-state index contributed by atoms with van der Waals surface area (Å²) >= 11 is 0. The highest BCUT2D eigenvalue weighted by Crippen LogP contribution is 2.41. The fourth-order valence-electron chi connectivity index (χ4n) is 4.23. The van der Waals surface area contributed by atoms with Crippen LogP contribution in [0, 0.1) is 6.92 Å². The van der Waals surface area contributed by atoms with E-state index in [9.17, 15) is 14.4 Å². The Balaban J connectivity index is 1.66. The first-order valence-electron chi connectivity index (χ1n) is 11.8. The molecule has 0 aliphatic carbocycles. The predicted octanol–water partition coefficient (Wildman–Crippen LogP) is 2.57. The summed E-state index contributed by atoms with van der Waals surface area (Å²) in [6.07, 6.45) is 3.20. The van der Waals surface area contributed by atoms with Crippen molar-refractivity contribution >= 4 is 23.7 Å². The average Bonchev–Trinajstić information content (AvgIpc) is 3.25. The molecule has 0 spiro atoms. The quantitative estimate of drug-likeness (QED) is 0.381. The fourth-order valence-corrected chi connectivity index (χ4v) is 4.23. The number of nitrogens with zero attached hydrogens (tertiary/aromatic N) is 1. The third-order valence-corrected chi connectivity index (χ3v) is 6.29. The molecule has 0 bridgehead atoms. The van der Waals surface area contributed by atoms with Gasteiger partial charge in [-0.3, -0.25) is 9.69 Å². The van der Waals surface area contributed by atoms with Gasteiger partial charge in [0, 0.05) is 44.2 Å². The largest absolute Gasteiger partial charge is 0.496 e. The first-order valence-corrected chi connectivity index (χ1v) is 11.8. The number of hydrogen-bond acceptors (Lipinski definition) is 8. The van der Waals surface area contributed by atoms with E-state index < -0.39 is 12.0 Å². The van der Waals surface area contributed by atoms with Crippen molar-refractivity contribution in [2.75, 3.05) is 58.9 Å². The monoisotopic (exact) mass is 489 g/mol. The smallest absolute Gasteiger partial charge is 0.341 e. The summed E-state index contributed by atoms with van der Waals surface area (Å²) in [6.45, 7) is 8.19. The molecule has 2 aliphatic rings. The number of cyclic esters (lactones) is 1. The Hall–Kier alpha value is -3.11. The van der Waals surface area contributed by atoms with Gasteiger partial charge < -0.3 is 29.6 Å². The number of benzene rings is 1. The summed E-state index contributed by atoms with van der Waals surface area (Å²) in [7, 11) is 3.06. The minimum absolute atomic E-state index is 0.140. The van der Waals surface area contributed by atoms with Gasteiger partial charge in [0.25, 0.3) is 0 Å². The van der Waals surface area contributed by atoms with Gasteiger partial charge in [-0.25, -0.2) is 9.59 Å². The molecule has 2 amide bonds. The maximum Gasteiger partial charge on any atom is 0.341 e. The zero-order valence-electron chi connectivity index (χ0n) is 21.0. The van der Waals surface area contributed by atoms with E-state index in [1.54, 1.807) is 7.11 Å². The molecule has 1 aromatic rings. The van der Waals surface area contributed by atoms with Crippen LogP contribution >= 0.6 is 0 Å². The summed E-state index contributed by atoms with van der Waals surface area (Å²) in [5, 5.41) is 5.29. The molecule has 2 aliphatic heterocycles. The van der Waals surface area contributed by atoms with Crippen molar-refractivity contribution in [2.24, 2.45) is 0 Å². The van der Waals surface area contributed by atoms with Crippen molar-refractivity contribution in [1.29, 1.82) is 0 Å². The van der Waals surface area contributed by atoms with E-state index in [1.807, 2.05) is 19.9 Å². The molecule has 1 aromatic carbocycles. The molecule has 10 heteroatoms. The predicted molar refractivity (Wildman–Crippen MR) is 130 cm³/mol. The molecule has 0 atom stereocenters. The molecule has 0 unspecified atom stereocenters. The van der Waals surface area contributed by atoms with E-state index in [-0.39, 0.29) is 19.0 Å². The summed E-state index contributed by atoms with van der Waals surface area (Å²) in [5.74, 6) is -0.111. The molecule has 2 N–H and O–H groups in total. The maximum atomic E-state index is 12.5. The number of anilines is 1. The minimum Gasteiger partial charge on any atom is -0.496 e. The molecule has 3 rings (SSSR count). The molecule has 1 saturated heterocycles. The number of fused-ring (bicyclic) bond motifs is 1. The number of morpholine rings is 1. The van der Waals surface area contributed by atoms with Crippen molar-refractivity contribution in [2.45, 2.75) is 39.7 Å². The van der Waals surface area contributed by atoms with Crippen LogP contribution in [0.1, 0.15) is 46.8 Å². The van der Waals surface area contributed by atoms with E-state index in [4.69, 9.17) is 18.9 Å². The van der Waals surface area contributed by atoms with Gasteiger partial charge in [0.1, 0.15) is 19.0 Å². The van der Waals surface area contributed by atoms with Gasteiger partial charge in [0.15, 0.2) is 0 Å². The number of urea groups is 1. The number of esters is 2. The lowest BCUT2D eigenvalue weighted by Crippen LogP contribution is -2.38. The molecule has 0 saturated carbocycles. The number of rotatable bonds is 10. The van der Waals surface area contributed by atoms with E-state index in [0.717, 1.165) is 24.2 Å². The van der Waals surface area contributed by atoms with Gasteiger partial charge >= 0.3 is 18.0 Å². The molecular formula is C25H35N3O7. The standard InChI is InChI=1S/C25H35N3O7/c1-16(6-8-20(29)34-14-11-28-9-12-33-13-10-28)5-7-18-22(27-25(31)26-3)21-19(15-35-24(21)30)17(2)23(18)32-4/h5H,6-15H2,1-4H3,(H2,26,27,31). The molecule has 1 fully saturated rings. The second-order valence-electron chi connectivity index (χ2n) is 8.57. The Morgan fingerprint density at radius 1 is 1.20 bits per heavy atom. The van der Waals surface area contributed by atoms with Crippen LogP contribution in [0.25, 0.3) is 0 Å². The van der Waals surface area contributed by atoms with Crippen molar-refractivity contribution in [3.05, 3.63) is 33.9 Å². The molecule has 10 nitrogen and oxygen atoms in total. The number of carbonyl (C=O) groups excluding carboxylic acids is 3. The van der Waals surface area contributed by atoms with Crippen molar-refractivity contribution in [3.8, 4) is 5.75 Å². The average molecular weight is 490 g/mol. The van der Waals surface area contributed by atoms with E-state index in [1.165, 1.54) is 7.05 Å². The summed E-state index contributed by atoms with van der Waals surface area (Å²) < 4.78 is 21.6. The zero-order chi connectivity index (χ0) is 25.4. The lowest BCUT2D eigenvalue weighted by molar-refractivity contribution is -0.144. The first kappa shape index (κ1) is 26.5. The maximum absolute atomic E-state index is 12.5. The number of hydrogen-bond donors (Lipinski definition) is 2. The third kappa shape index (κ3) is 6.73. The minimum atomic E-state index is -0.473. The summed E-state index contributed by atoms with van der Waals surface area (Å²) in [6, 6.07) is -0.445. The lowest BCUT2D eigenvalue weighted by atomic mass is 9.93.